The maximum atomic E-state index is 11.9. The van der Waals surface area contributed by atoms with Gasteiger partial charge >= 0.3 is 12.0 Å². The second-order valence-corrected chi connectivity index (χ2v) is 6.27. The summed E-state index contributed by atoms with van der Waals surface area (Å²) in [6.45, 7) is 1.97. The molecule has 0 aliphatic carbocycles. The molecule has 2 aromatic carbocycles. The number of anilines is 1. The third-order valence-corrected chi connectivity index (χ3v) is 4.12. The van der Waals surface area contributed by atoms with Crippen molar-refractivity contribution in [1.29, 1.82) is 0 Å². The number of aryl methyl sites for hydroxylation is 1. The zero-order chi connectivity index (χ0) is 21.3. The van der Waals surface area contributed by atoms with Crippen molar-refractivity contribution in [3.63, 3.8) is 0 Å². The van der Waals surface area contributed by atoms with Gasteiger partial charge in [0.25, 0.3) is 5.91 Å². The number of imide groups is 1. The van der Waals surface area contributed by atoms with E-state index >= 15 is 0 Å². The first-order chi connectivity index (χ1) is 14.5. The van der Waals surface area contributed by atoms with Gasteiger partial charge in [0.15, 0.2) is 18.1 Å². The monoisotopic (exact) mass is 414 g/mol. The lowest BCUT2D eigenvalue weighted by Crippen LogP contribution is -2.37. The SMILES string of the molecule is CCOc1ccccc1CCC(=O)OCC(=O)NC(=O)Nc1ccc2c(c1)OCO2. The van der Waals surface area contributed by atoms with Gasteiger partial charge in [-0.05, 0) is 37.1 Å². The minimum atomic E-state index is -0.749. The largest absolute Gasteiger partial charge is 0.494 e. The molecule has 30 heavy (non-hydrogen) atoms. The van der Waals surface area contributed by atoms with E-state index in [4.69, 9.17) is 18.9 Å². The molecular weight excluding hydrogens is 392 g/mol. The fourth-order valence-electron chi connectivity index (χ4n) is 2.76. The van der Waals surface area contributed by atoms with Crippen molar-refractivity contribution in [3.05, 3.63) is 48.0 Å². The number of benzene rings is 2. The second-order valence-electron chi connectivity index (χ2n) is 6.27. The van der Waals surface area contributed by atoms with Gasteiger partial charge in [-0.3, -0.25) is 14.9 Å². The van der Waals surface area contributed by atoms with E-state index in [0.717, 1.165) is 5.56 Å². The number of urea groups is 1. The molecule has 1 heterocycles. The van der Waals surface area contributed by atoms with Crippen LogP contribution < -0.4 is 24.8 Å². The molecule has 0 spiro atoms. The van der Waals surface area contributed by atoms with E-state index < -0.39 is 24.5 Å². The molecular formula is C21H22N2O7. The quantitative estimate of drug-likeness (QED) is 0.639. The molecule has 0 saturated carbocycles. The van der Waals surface area contributed by atoms with Gasteiger partial charge in [-0.25, -0.2) is 4.79 Å². The van der Waals surface area contributed by atoms with Crippen LogP contribution in [0.15, 0.2) is 42.5 Å². The molecule has 158 valence electrons. The lowest BCUT2D eigenvalue weighted by Gasteiger charge is -2.10. The average molecular weight is 414 g/mol. The molecule has 0 fully saturated rings. The van der Waals surface area contributed by atoms with Gasteiger partial charge in [0, 0.05) is 18.2 Å². The summed E-state index contributed by atoms with van der Waals surface area (Å²) in [5.74, 6) is 0.501. The van der Waals surface area contributed by atoms with E-state index in [9.17, 15) is 14.4 Å². The Kier molecular flexibility index (Phi) is 7.09. The van der Waals surface area contributed by atoms with Crippen molar-refractivity contribution in [2.75, 3.05) is 25.3 Å². The number of nitrogens with one attached hydrogen (secondary N) is 2. The van der Waals surface area contributed by atoms with Crippen molar-refractivity contribution in [3.8, 4) is 17.2 Å². The molecule has 9 nitrogen and oxygen atoms in total. The highest BCUT2D eigenvalue weighted by molar-refractivity contribution is 6.02. The van der Waals surface area contributed by atoms with Crippen LogP contribution in [0.2, 0.25) is 0 Å². The van der Waals surface area contributed by atoms with E-state index in [-0.39, 0.29) is 13.2 Å². The number of rotatable bonds is 8. The number of fused-ring (bicyclic) bond motifs is 1. The van der Waals surface area contributed by atoms with Crippen molar-refractivity contribution >= 4 is 23.6 Å². The van der Waals surface area contributed by atoms with E-state index in [1.165, 1.54) is 0 Å². The Morgan fingerprint density at radius 2 is 1.87 bits per heavy atom. The molecule has 2 N–H and O–H groups in total. The van der Waals surface area contributed by atoms with Gasteiger partial charge in [0.1, 0.15) is 5.75 Å². The maximum Gasteiger partial charge on any atom is 0.325 e. The Labute approximate surface area is 173 Å². The van der Waals surface area contributed by atoms with Crippen molar-refractivity contribution < 1.29 is 33.3 Å². The van der Waals surface area contributed by atoms with E-state index in [0.29, 0.717) is 36.0 Å². The number of hydrogen-bond acceptors (Lipinski definition) is 7. The van der Waals surface area contributed by atoms with Gasteiger partial charge in [-0.15, -0.1) is 0 Å². The predicted molar refractivity (Wildman–Crippen MR) is 107 cm³/mol. The lowest BCUT2D eigenvalue weighted by molar-refractivity contribution is -0.148. The van der Waals surface area contributed by atoms with Gasteiger partial charge in [-0.1, -0.05) is 18.2 Å². The molecule has 2 aromatic rings. The maximum absolute atomic E-state index is 11.9. The Morgan fingerprint density at radius 1 is 1.07 bits per heavy atom. The third kappa shape index (κ3) is 5.87. The number of esters is 1. The zero-order valence-electron chi connectivity index (χ0n) is 16.4. The summed E-state index contributed by atoms with van der Waals surface area (Å²) in [7, 11) is 0. The summed E-state index contributed by atoms with van der Waals surface area (Å²) in [6, 6.07) is 11.5. The summed E-state index contributed by atoms with van der Waals surface area (Å²) >= 11 is 0. The minimum Gasteiger partial charge on any atom is -0.494 e. The van der Waals surface area contributed by atoms with E-state index in [2.05, 4.69) is 10.6 Å². The second kappa shape index (κ2) is 10.1. The van der Waals surface area contributed by atoms with Gasteiger partial charge in [0.05, 0.1) is 6.61 Å². The first kappa shape index (κ1) is 21.0. The van der Waals surface area contributed by atoms with E-state index in [1.54, 1.807) is 18.2 Å². The zero-order valence-corrected chi connectivity index (χ0v) is 16.4. The number of ether oxygens (including phenoxy) is 4. The molecule has 0 saturated heterocycles. The number of amides is 3. The van der Waals surface area contributed by atoms with Gasteiger partial charge in [0.2, 0.25) is 6.79 Å². The Hall–Kier alpha value is -3.75. The molecule has 0 aromatic heterocycles. The van der Waals surface area contributed by atoms with Crippen molar-refractivity contribution in [2.45, 2.75) is 19.8 Å². The number of carbonyl (C=O) groups is 3. The van der Waals surface area contributed by atoms with Crippen LogP contribution in [0.3, 0.4) is 0 Å². The first-order valence-corrected chi connectivity index (χ1v) is 9.42. The fraction of sp³-hybridized carbons (Fsp3) is 0.286. The third-order valence-electron chi connectivity index (χ3n) is 4.12. The van der Waals surface area contributed by atoms with E-state index in [1.807, 2.05) is 31.2 Å². The smallest absolute Gasteiger partial charge is 0.325 e. The average Bonchev–Trinajstić information content (AvgIpc) is 3.19. The fourth-order valence-corrected chi connectivity index (χ4v) is 2.76. The molecule has 9 heteroatoms. The Balaban J connectivity index is 1.38. The summed E-state index contributed by atoms with van der Waals surface area (Å²) in [5.41, 5.74) is 1.30. The summed E-state index contributed by atoms with van der Waals surface area (Å²) < 4.78 is 20.8. The summed E-state index contributed by atoms with van der Waals surface area (Å²) in [6.07, 6.45) is 0.502. The van der Waals surface area contributed by atoms with Gasteiger partial charge < -0.3 is 24.3 Å². The topological polar surface area (TPSA) is 112 Å². The van der Waals surface area contributed by atoms with Crippen molar-refractivity contribution in [1.82, 2.24) is 5.32 Å². The van der Waals surface area contributed by atoms with Crippen LogP contribution in [-0.4, -0.2) is 37.9 Å². The molecule has 0 unspecified atom stereocenters. The normalized spacial score (nSPS) is 11.5. The van der Waals surface area contributed by atoms with Crippen LogP contribution in [0.1, 0.15) is 18.9 Å². The molecule has 0 bridgehead atoms. The molecule has 1 aliphatic rings. The van der Waals surface area contributed by atoms with Crippen LogP contribution in [0.25, 0.3) is 0 Å². The van der Waals surface area contributed by atoms with Crippen LogP contribution in [0, 0.1) is 0 Å². The number of para-hydroxylation sites is 1. The highest BCUT2D eigenvalue weighted by Crippen LogP contribution is 2.34. The van der Waals surface area contributed by atoms with Crippen LogP contribution in [0.4, 0.5) is 10.5 Å². The van der Waals surface area contributed by atoms with Gasteiger partial charge in [-0.2, -0.15) is 0 Å². The number of hydrogen-bond donors (Lipinski definition) is 2. The van der Waals surface area contributed by atoms with Crippen molar-refractivity contribution in [2.24, 2.45) is 0 Å². The lowest BCUT2D eigenvalue weighted by atomic mass is 10.1. The molecule has 0 radical (unpaired) electrons. The molecule has 3 rings (SSSR count). The Bertz CT molecular complexity index is 929. The van der Waals surface area contributed by atoms with Crippen LogP contribution in [0.5, 0.6) is 17.2 Å². The Morgan fingerprint density at radius 3 is 2.70 bits per heavy atom. The standard InChI is InChI=1S/C21H22N2O7/c1-2-27-16-6-4-3-5-14(16)7-10-20(25)28-12-19(24)23-21(26)22-15-8-9-17-18(11-15)30-13-29-17/h3-6,8-9,11H,2,7,10,12-13H2,1H3,(H2,22,23,24,26). The first-order valence-electron chi connectivity index (χ1n) is 9.42. The van der Waals surface area contributed by atoms with Crippen LogP contribution >= 0.6 is 0 Å². The summed E-state index contributed by atoms with van der Waals surface area (Å²) in [4.78, 5) is 35.6. The minimum absolute atomic E-state index is 0.0841. The molecule has 3 amide bonds. The highest BCUT2D eigenvalue weighted by Gasteiger charge is 2.16. The molecule has 1 aliphatic heterocycles. The predicted octanol–water partition coefficient (Wildman–Crippen LogP) is 2.64. The molecule has 0 atom stereocenters. The summed E-state index contributed by atoms with van der Waals surface area (Å²) in [5, 5.41) is 4.59. The number of carbonyl (C=O) groups excluding carboxylic acids is 3. The highest BCUT2D eigenvalue weighted by atomic mass is 16.7. The van der Waals surface area contributed by atoms with Crippen LogP contribution in [-0.2, 0) is 20.7 Å².